The third kappa shape index (κ3) is 4.44. The van der Waals surface area contributed by atoms with Gasteiger partial charge < -0.3 is 24.1 Å². The van der Waals surface area contributed by atoms with Crippen molar-refractivity contribution in [3.8, 4) is 28.6 Å². The van der Waals surface area contributed by atoms with E-state index in [1.54, 1.807) is 7.11 Å². The fourth-order valence-electron chi connectivity index (χ4n) is 3.68. The summed E-state index contributed by atoms with van der Waals surface area (Å²) in [6.45, 7) is 1.22. The van der Waals surface area contributed by atoms with Crippen molar-refractivity contribution in [2.45, 2.75) is 43.3 Å². The number of rotatable bonds is 6. The van der Waals surface area contributed by atoms with Crippen molar-refractivity contribution < 1.29 is 19.0 Å². The molecule has 1 aliphatic heterocycles. The fraction of sp³-hybridized carbons (Fsp3) is 0.550. The molecule has 0 unspecified atom stereocenters. The van der Waals surface area contributed by atoms with Crippen LogP contribution >= 0.6 is 11.8 Å². The van der Waals surface area contributed by atoms with Gasteiger partial charge in [0.1, 0.15) is 5.75 Å². The Morgan fingerprint density at radius 2 is 1.93 bits per heavy atom. The summed E-state index contributed by atoms with van der Waals surface area (Å²) in [7, 11) is 3.50. The summed E-state index contributed by atoms with van der Waals surface area (Å²) in [5.41, 5.74) is 0.772. The van der Waals surface area contributed by atoms with Gasteiger partial charge in [0.15, 0.2) is 22.5 Å². The standard InChI is InChI=1S/C20H26N4O4S/c1-24-19(14-10-16-17(11-15(14)26-2)28-9-5-8-27-16)22-23-20(24)29-12-18(25)21-13-6-3-4-7-13/h10-11,13H,3-9,12H2,1-2H3,(H,21,25). The molecule has 4 rings (SSSR count). The van der Waals surface area contributed by atoms with E-state index in [2.05, 4.69) is 15.5 Å². The van der Waals surface area contributed by atoms with Gasteiger partial charge in [-0.3, -0.25) is 4.79 Å². The number of hydrogen-bond acceptors (Lipinski definition) is 7. The first-order valence-corrected chi connectivity index (χ1v) is 10.9. The molecule has 0 bridgehead atoms. The van der Waals surface area contributed by atoms with E-state index < -0.39 is 0 Å². The van der Waals surface area contributed by atoms with Gasteiger partial charge in [-0.15, -0.1) is 10.2 Å². The maximum Gasteiger partial charge on any atom is 0.230 e. The maximum absolute atomic E-state index is 12.2. The molecule has 1 aromatic heterocycles. The predicted octanol–water partition coefficient (Wildman–Crippen LogP) is 2.80. The van der Waals surface area contributed by atoms with Gasteiger partial charge in [-0.1, -0.05) is 24.6 Å². The summed E-state index contributed by atoms with van der Waals surface area (Å²) in [5, 5.41) is 12.4. The lowest BCUT2D eigenvalue weighted by atomic mass is 10.1. The third-order valence-electron chi connectivity index (χ3n) is 5.20. The van der Waals surface area contributed by atoms with Crippen LogP contribution in [0.25, 0.3) is 11.4 Å². The van der Waals surface area contributed by atoms with E-state index in [0.29, 0.717) is 53.2 Å². The smallest absolute Gasteiger partial charge is 0.230 e. The lowest BCUT2D eigenvalue weighted by molar-refractivity contribution is -0.119. The number of ether oxygens (including phenoxy) is 3. The number of methoxy groups -OCH3 is 1. The average Bonchev–Trinajstić information content (AvgIpc) is 3.29. The quantitative estimate of drug-likeness (QED) is 0.722. The topological polar surface area (TPSA) is 87.5 Å². The monoisotopic (exact) mass is 418 g/mol. The van der Waals surface area contributed by atoms with Crippen LogP contribution in [0.2, 0.25) is 0 Å². The molecule has 29 heavy (non-hydrogen) atoms. The number of aromatic nitrogens is 3. The highest BCUT2D eigenvalue weighted by molar-refractivity contribution is 7.99. The summed E-state index contributed by atoms with van der Waals surface area (Å²) in [4.78, 5) is 12.2. The Bertz CT molecular complexity index is 880. The van der Waals surface area contributed by atoms with Crippen LogP contribution in [0.3, 0.4) is 0 Å². The molecule has 1 aliphatic carbocycles. The number of nitrogens with one attached hydrogen (secondary N) is 1. The molecule has 2 aromatic rings. The molecule has 1 aromatic carbocycles. The number of hydrogen-bond donors (Lipinski definition) is 1. The summed E-state index contributed by atoms with van der Waals surface area (Å²) in [6, 6.07) is 4.03. The van der Waals surface area contributed by atoms with Crippen molar-refractivity contribution in [3.05, 3.63) is 12.1 Å². The first kappa shape index (κ1) is 19.9. The van der Waals surface area contributed by atoms with Crippen LogP contribution in [-0.4, -0.2) is 52.8 Å². The van der Waals surface area contributed by atoms with Gasteiger partial charge in [-0.05, 0) is 18.9 Å². The molecule has 2 aliphatic rings. The number of amides is 1. The van der Waals surface area contributed by atoms with E-state index in [-0.39, 0.29) is 5.91 Å². The summed E-state index contributed by atoms with van der Waals surface area (Å²) >= 11 is 1.38. The maximum atomic E-state index is 12.2. The molecule has 0 spiro atoms. The molecule has 2 heterocycles. The van der Waals surface area contributed by atoms with Gasteiger partial charge in [0.05, 0.1) is 31.6 Å². The van der Waals surface area contributed by atoms with Crippen LogP contribution in [0.1, 0.15) is 32.1 Å². The van der Waals surface area contributed by atoms with E-state index in [9.17, 15) is 4.79 Å². The molecular weight excluding hydrogens is 392 g/mol. The number of nitrogens with zero attached hydrogens (tertiary/aromatic N) is 3. The zero-order valence-electron chi connectivity index (χ0n) is 16.8. The van der Waals surface area contributed by atoms with Crippen molar-refractivity contribution in [2.24, 2.45) is 7.05 Å². The van der Waals surface area contributed by atoms with E-state index >= 15 is 0 Å². The molecule has 1 N–H and O–H groups in total. The Morgan fingerprint density at radius 1 is 1.21 bits per heavy atom. The van der Waals surface area contributed by atoms with Gasteiger partial charge in [0.2, 0.25) is 5.91 Å². The zero-order chi connectivity index (χ0) is 20.2. The van der Waals surface area contributed by atoms with Crippen molar-refractivity contribution in [2.75, 3.05) is 26.1 Å². The average molecular weight is 419 g/mol. The predicted molar refractivity (Wildman–Crippen MR) is 110 cm³/mol. The largest absolute Gasteiger partial charge is 0.496 e. The summed E-state index contributed by atoms with van der Waals surface area (Å²) in [6.07, 6.45) is 5.38. The molecule has 0 atom stereocenters. The molecule has 0 saturated heterocycles. The Labute approximate surface area is 174 Å². The third-order valence-corrected chi connectivity index (χ3v) is 6.22. The second-order valence-corrected chi connectivity index (χ2v) is 8.19. The second kappa shape index (κ2) is 8.94. The summed E-state index contributed by atoms with van der Waals surface area (Å²) in [5.74, 6) is 2.99. The van der Waals surface area contributed by atoms with Crippen LogP contribution in [0.4, 0.5) is 0 Å². The van der Waals surface area contributed by atoms with E-state index in [4.69, 9.17) is 14.2 Å². The Hall–Kier alpha value is -2.42. The van der Waals surface area contributed by atoms with E-state index in [1.165, 1.54) is 24.6 Å². The van der Waals surface area contributed by atoms with Gasteiger partial charge in [0, 0.05) is 25.6 Å². The SMILES string of the molecule is COc1cc2c(cc1-c1nnc(SCC(=O)NC3CCCC3)n1C)OCCCO2. The Kier molecular flexibility index (Phi) is 6.13. The van der Waals surface area contributed by atoms with Crippen LogP contribution < -0.4 is 19.5 Å². The van der Waals surface area contributed by atoms with Gasteiger partial charge >= 0.3 is 0 Å². The summed E-state index contributed by atoms with van der Waals surface area (Å²) < 4.78 is 19.0. The molecular formula is C20H26N4O4S. The van der Waals surface area contributed by atoms with Crippen molar-refractivity contribution in [3.63, 3.8) is 0 Å². The minimum absolute atomic E-state index is 0.0413. The first-order chi connectivity index (χ1) is 14.2. The Balaban J connectivity index is 1.50. The number of thioether (sulfide) groups is 1. The normalized spacial score (nSPS) is 16.5. The van der Waals surface area contributed by atoms with E-state index in [0.717, 1.165) is 24.8 Å². The van der Waals surface area contributed by atoms with Crippen LogP contribution in [0, 0.1) is 0 Å². The van der Waals surface area contributed by atoms with Crippen LogP contribution in [0.5, 0.6) is 17.2 Å². The Morgan fingerprint density at radius 3 is 2.66 bits per heavy atom. The van der Waals surface area contributed by atoms with Gasteiger partial charge in [0.25, 0.3) is 0 Å². The number of fused-ring (bicyclic) bond motifs is 1. The zero-order valence-corrected chi connectivity index (χ0v) is 17.6. The van der Waals surface area contributed by atoms with Crippen LogP contribution in [-0.2, 0) is 11.8 Å². The van der Waals surface area contributed by atoms with E-state index in [1.807, 2.05) is 23.7 Å². The molecule has 0 radical (unpaired) electrons. The molecule has 1 saturated carbocycles. The highest BCUT2D eigenvalue weighted by atomic mass is 32.2. The molecule has 8 nitrogen and oxygen atoms in total. The number of carbonyl (C=O) groups is 1. The van der Waals surface area contributed by atoms with Gasteiger partial charge in [-0.2, -0.15) is 0 Å². The number of benzene rings is 1. The minimum atomic E-state index is 0.0413. The number of carbonyl (C=O) groups excluding carboxylic acids is 1. The molecule has 1 amide bonds. The minimum Gasteiger partial charge on any atom is -0.496 e. The first-order valence-electron chi connectivity index (χ1n) is 9.95. The molecule has 9 heteroatoms. The second-order valence-electron chi connectivity index (χ2n) is 7.25. The van der Waals surface area contributed by atoms with Gasteiger partial charge in [-0.25, -0.2) is 0 Å². The molecule has 1 fully saturated rings. The molecule has 156 valence electrons. The highest BCUT2D eigenvalue weighted by Gasteiger charge is 2.22. The van der Waals surface area contributed by atoms with Crippen molar-refractivity contribution >= 4 is 17.7 Å². The fourth-order valence-corrected chi connectivity index (χ4v) is 4.40. The van der Waals surface area contributed by atoms with Crippen molar-refractivity contribution in [1.29, 1.82) is 0 Å². The lowest BCUT2D eigenvalue weighted by Gasteiger charge is -2.14. The van der Waals surface area contributed by atoms with Crippen LogP contribution in [0.15, 0.2) is 17.3 Å². The lowest BCUT2D eigenvalue weighted by Crippen LogP contribution is -2.33. The highest BCUT2D eigenvalue weighted by Crippen LogP contribution is 2.41. The van der Waals surface area contributed by atoms with Crippen molar-refractivity contribution in [1.82, 2.24) is 20.1 Å².